The predicted octanol–water partition coefficient (Wildman–Crippen LogP) is 0.642. The average Bonchev–Trinajstić information content (AvgIpc) is 1.85. The van der Waals surface area contributed by atoms with Crippen LogP contribution in [0.5, 0.6) is 0 Å². The molecule has 1 aliphatic rings. The molecule has 0 bridgehead atoms. The zero-order valence-electron chi connectivity index (χ0n) is 7.33. The van der Waals surface area contributed by atoms with Gasteiger partial charge in [-0.25, -0.2) is 0 Å². The summed E-state index contributed by atoms with van der Waals surface area (Å²) in [6, 6.07) is 0.526. The molecule has 11 heavy (non-hydrogen) atoms. The van der Waals surface area contributed by atoms with E-state index in [4.69, 9.17) is 4.74 Å². The Labute approximate surface area is 67.3 Å². The molecular weight excluding hydrogens is 142 g/mol. The molecule has 3 nitrogen and oxygen atoms in total. The van der Waals surface area contributed by atoms with Crippen molar-refractivity contribution >= 4 is 5.91 Å². The maximum Gasteiger partial charge on any atom is 0.249 e. The molecule has 1 aliphatic heterocycles. The third kappa shape index (κ3) is 1.71. The molecule has 1 unspecified atom stereocenters. The van der Waals surface area contributed by atoms with Gasteiger partial charge in [0.05, 0.1) is 12.6 Å². The molecular formula is C8H15NO2. The van der Waals surface area contributed by atoms with Crippen molar-refractivity contribution in [3.63, 3.8) is 0 Å². The smallest absolute Gasteiger partial charge is 0.249 e. The van der Waals surface area contributed by atoms with Gasteiger partial charge >= 0.3 is 0 Å². The van der Waals surface area contributed by atoms with Gasteiger partial charge in [0, 0.05) is 6.04 Å². The van der Waals surface area contributed by atoms with Crippen LogP contribution in [-0.2, 0) is 9.53 Å². The summed E-state index contributed by atoms with van der Waals surface area (Å²) >= 11 is 0. The summed E-state index contributed by atoms with van der Waals surface area (Å²) in [4.78, 5) is 13.1. The number of hydrogen-bond acceptors (Lipinski definition) is 2. The normalized spacial score (nSPS) is 26.4. The van der Waals surface area contributed by atoms with Crippen LogP contribution >= 0.6 is 0 Å². The number of carbonyl (C=O) groups is 1. The van der Waals surface area contributed by atoms with E-state index in [0.29, 0.717) is 12.6 Å². The van der Waals surface area contributed by atoms with Crippen LogP contribution in [-0.4, -0.2) is 36.1 Å². The van der Waals surface area contributed by atoms with Gasteiger partial charge in [0.15, 0.2) is 0 Å². The molecule has 1 atom stereocenters. The van der Waals surface area contributed by atoms with Gasteiger partial charge in [-0.1, -0.05) is 0 Å². The van der Waals surface area contributed by atoms with E-state index in [0.717, 1.165) is 0 Å². The second-order valence-electron chi connectivity index (χ2n) is 3.26. The number of ether oxygens (including phenoxy) is 1. The number of nitrogens with zero attached hydrogens (tertiary/aromatic N) is 1. The van der Waals surface area contributed by atoms with Crippen LogP contribution in [0.25, 0.3) is 0 Å². The molecule has 1 saturated heterocycles. The molecule has 1 heterocycles. The van der Waals surface area contributed by atoms with Crippen LogP contribution in [0.15, 0.2) is 0 Å². The molecule has 1 amide bonds. The standard InChI is InChI=1S/C8H15NO2/c1-6(2)9-7(3)4-11-5-8(9)10/h6-7H,4-5H2,1-3H3. The Morgan fingerprint density at radius 1 is 1.64 bits per heavy atom. The first-order valence-corrected chi connectivity index (χ1v) is 4.02. The molecule has 0 aromatic rings. The van der Waals surface area contributed by atoms with E-state index in [9.17, 15) is 4.79 Å². The molecule has 0 aliphatic carbocycles. The van der Waals surface area contributed by atoms with Crippen LogP contribution in [0, 0.1) is 0 Å². The lowest BCUT2D eigenvalue weighted by atomic mass is 10.2. The van der Waals surface area contributed by atoms with Crippen molar-refractivity contribution in [2.45, 2.75) is 32.9 Å². The Morgan fingerprint density at radius 3 is 2.64 bits per heavy atom. The minimum absolute atomic E-state index is 0.110. The molecule has 1 fully saturated rings. The molecule has 0 aromatic heterocycles. The van der Waals surface area contributed by atoms with Gasteiger partial charge in [-0.3, -0.25) is 4.79 Å². The lowest BCUT2D eigenvalue weighted by Crippen LogP contribution is -2.51. The molecule has 64 valence electrons. The molecule has 0 aromatic carbocycles. The van der Waals surface area contributed by atoms with E-state index in [1.165, 1.54) is 0 Å². The Morgan fingerprint density at radius 2 is 2.27 bits per heavy atom. The molecule has 1 rings (SSSR count). The highest BCUT2D eigenvalue weighted by Gasteiger charge is 2.26. The number of morpholine rings is 1. The van der Waals surface area contributed by atoms with E-state index >= 15 is 0 Å². The maximum atomic E-state index is 11.2. The Balaban J connectivity index is 2.63. The van der Waals surface area contributed by atoms with Gasteiger partial charge in [0.25, 0.3) is 0 Å². The van der Waals surface area contributed by atoms with Crippen molar-refractivity contribution in [3.8, 4) is 0 Å². The second-order valence-corrected chi connectivity index (χ2v) is 3.26. The number of rotatable bonds is 1. The third-order valence-electron chi connectivity index (χ3n) is 1.90. The SMILES string of the molecule is CC(C)N1C(=O)COCC1C. The van der Waals surface area contributed by atoms with Crippen molar-refractivity contribution in [2.75, 3.05) is 13.2 Å². The van der Waals surface area contributed by atoms with Crippen LogP contribution in [0.4, 0.5) is 0 Å². The van der Waals surface area contributed by atoms with Crippen LogP contribution in [0.1, 0.15) is 20.8 Å². The van der Waals surface area contributed by atoms with E-state index in [1.807, 2.05) is 25.7 Å². The van der Waals surface area contributed by atoms with Crippen LogP contribution in [0.3, 0.4) is 0 Å². The Hall–Kier alpha value is -0.570. The molecule has 0 saturated carbocycles. The third-order valence-corrected chi connectivity index (χ3v) is 1.90. The molecule has 0 N–H and O–H groups in total. The monoisotopic (exact) mass is 157 g/mol. The maximum absolute atomic E-state index is 11.2. The lowest BCUT2D eigenvalue weighted by molar-refractivity contribution is -0.149. The van der Waals surface area contributed by atoms with Gasteiger partial charge in [-0.15, -0.1) is 0 Å². The average molecular weight is 157 g/mol. The summed E-state index contributed by atoms with van der Waals surface area (Å²) in [6.45, 7) is 6.99. The highest BCUT2D eigenvalue weighted by molar-refractivity contribution is 5.78. The van der Waals surface area contributed by atoms with Crippen molar-refractivity contribution in [1.29, 1.82) is 0 Å². The quantitative estimate of drug-likeness (QED) is 0.559. The van der Waals surface area contributed by atoms with E-state index in [1.54, 1.807) is 0 Å². The molecule has 0 radical (unpaired) electrons. The molecule has 0 spiro atoms. The fraction of sp³-hybridized carbons (Fsp3) is 0.875. The zero-order valence-corrected chi connectivity index (χ0v) is 7.33. The summed E-state index contributed by atoms with van der Waals surface area (Å²) in [7, 11) is 0. The predicted molar refractivity (Wildman–Crippen MR) is 42.3 cm³/mol. The fourth-order valence-electron chi connectivity index (χ4n) is 1.51. The van der Waals surface area contributed by atoms with Gasteiger partial charge in [0.1, 0.15) is 6.61 Å². The summed E-state index contributed by atoms with van der Waals surface area (Å²) in [5.41, 5.74) is 0. The number of carbonyl (C=O) groups excluding carboxylic acids is 1. The first-order valence-electron chi connectivity index (χ1n) is 4.02. The second kappa shape index (κ2) is 3.22. The summed E-state index contributed by atoms with van der Waals surface area (Å²) < 4.78 is 5.08. The Bertz CT molecular complexity index is 156. The summed E-state index contributed by atoms with van der Waals surface area (Å²) in [6.07, 6.45) is 0. The van der Waals surface area contributed by atoms with Crippen molar-refractivity contribution in [2.24, 2.45) is 0 Å². The van der Waals surface area contributed by atoms with Crippen LogP contribution in [0.2, 0.25) is 0 Å². The van der Waals surface area contributed by atoms with Gasteiger partial charge < -0.3 is 9.64 Å². The number of amides is 1. The largest absolute Gasteiger partial charge is 0.370 e. The topological polar surface area (TPSA) is 29.5 Å². The minimum Gasteiger partial charge on any atom is -0.370 e. The summed E-state index contributed by atoms with van der Waals surface area (Å²) in [5, 5.41) is 0. The Kier molecular flexibility index (Phi) is 2.49. The van der Waals surface area contributed by atoms with E-state index in [2.05, 4.69) is 0 Å². The molecule has 3 heteroatoms. The summed E-state index contributed by atoms with van der Waals surface area (Å²) in [5.74, 6) is 0.110. The number of hydrogen-bond donors (Lipinski definition) is 0. The first-order chi connectivity index (χ1) is 5.13. The van der Waals surface area contributed by atoms with E-state index in [-0.39, 0.29) is 18.6 Å². The minimum atomic E-state index is 0.110. The van der Waals surface area contributed by atoms with Crippen molar-refractivity contribution < 1.29 is 9.53 Å². The van der Waals surface area contributed by atoms with Gasteiger partial charge in [0.2, 0.25) is 5.91 Å². The van der Waals surface area contributed by atoms with E-state index < -0.39 is 0 Å². The van der Waals surface area contributed by atoms with Crippen LogP contribution < -0.4 is 0 Å². The first kappa shape index (κ1) is 8.53. The highest BCUT2D eigenvalue weighted by Crippen LogP contribution is 2.10. The zero-order chi connectivity index (χ0) is 8.43. The van der Waals surface area contributed by atoms with Gasteiger partial charge in [-0.2, -0.15) is 0 Å². The fourth-order valence-corrected chi connectivity index (χ4v) is 1.51. The highest BCUT2D eigenvalue weighted by atomic mass is 16.5. The van der Waals surface area contributed by atoms with Crippen molar-refractivity contribution in [3.05, 3.63) is 0 Å². The lowest BCUT2D eigenvalue weighted by Gasteiger charge is -2.36. The van der Waals surface area contributed by atoms with Crippen molar-refractivity contribution in [1.82, 2.24) is 4.90 Å². The van der Waals surface area contributed by atoms with Gasteiger partial charge in [-0.05, 0) is 20.8 Å².